The van der Waals surface area contributed by atoms with Gasteiger partial charge in [-0.2, -0.15) is 0 Å². The molecule has 0 amide bonds. The molecule has 106 heavy (non-hydrogen) atoms. The van der Waals surface area contributed by atoms with Crippen molar-refractivity contribution in [2.75, 3.05) is 0 Å². The molecule has 0 bridgehead atoms. The van der Waals surface area contributed by atoms with Crippen molar-refractivity contribution >= 4 is 35.6 Å². The van der Waals surface area contributed by atoms with Gasteiger partial charge >= 0.3 is 127 Å². The summed E-state index contributed by atoms with van der Waals surface area (Å²) in [5.41, 5.74) is 5.79. The number of alkyl halides is 9. The standard InChI is InChI=1S/C21H17F4NO2.C21H15F4NO2.C18H10ClF4NO2.3C4H9.2C3H8.C3H5.2CH4.Sn.H2/c2*1-13(2)18-11-20(27)26(12-19(18)14-3-5-15(22)6-4-14)16-7-9-17(10-8-16)28-21(23,24)25;19-16-9-17(25)24(10-15(16)11-1-3-12(20)4-2-11)13-5-7-14(8-6-13)26-18(21,22)23;3*1-3-4-2;3*1-3-2;;;;/h3-13H,1-2H3;3-12H,1H2,2H3;1-10H;3*1,3-4H2,2H3;2*3H2,1-2H3;1H2,2H3;2*1H4;;1H. The molecular weight excluding hydrogens is 1520 g/mol. The molecule has 0 spiro atoms. The minimum absolute atomic E-state index is 0. The van der Waals surface area contributed by atoms with E-state index in [1.165, 1.54) is 174 Å². The van der Waals surface area contributed by atoms with E-state index in [2.05, 4.69) is 82.8 Å². The summed E-state index contributed by atoms with van der Waals surface area (Å²) in [7, 11) is 0. The van der Waals surface area contributed by atoms with Gasteiger partial charge in [0.05, 0.1) is 5.02 Å². The van der Waals surface area contributed by atoms with Gasteiger partial charge in [0.1, 0.15) is 34.7 Å². The number of nitrogens with zero attached hydrogens (tertiary/aromatic N) is 3. The quantitative estimate of drug-likeness (QED) is 0.0526. The van der Waals surface area contributed by atoms with Gasteiger partial charge in [0.2, 0.25) is 0 Å². The van der Waals surface area contributed by atoms with E-state index in [0.717, 1.165) is 53.1 Å². The first-order chi connectivity index (χ1) is 49.0. The van der Waals surface area contributed by atoms with Crippen molar-refractivity contribution in [3.05, 3.63) is 264 Å². The van der Waals surface area contributed by atoms with Gasteiger partial charge in [0.15, 0.2) is 0 Å². The molecule has 0 fully saturated rings. The van der Waals surface area contributed by atoms with Crippen molar-refractivity contribution < 1.29 is 68.3 Å². The van der Waals surface area contributed by atoms with Crippen LogP contribution in [0.25, 0.3) is 56.0 Å². The summed E-state index contributed by atoms with van der Waals surface area (Å²) in [4.78, 5) is 37.3. The van der Waals surface area contributed by atoms with Gasteiger partial charge < -0.3 is 14.2 Å². The molecule has 9 nitrogen and oxygen atoms in total. The molecule has 0 saturated carbocycles. The minimum Gasteiger partial charge on any atom is -0.406 e. The zero-order chi connectivity index (χ0) is 77.7. The Morgan fingerprint density at radius 3 is 1.00 bits per heavy atom. The second kappa shape index (κ2) is 44.4. The number of pyridine rings is 3. The SMILES string of the molecule is C.C.C=C(C)c1cc(=O)n(-c2ccc(OC(F)(F)F)cc2)cc1-c1ccc(F)cc1.C=[C](C)[Sn]([CH2]CCC)([CH2]CCC)[CH2]CCC.CC(C)c1cc(=O)n(-c2ccc(OC(F)(F)F)cc2)cc1-c1ccc(F)cc1.CCC.CCC.O=c1cc(Cl)c(-c2ccc(F)cc2)cn1-c1ccc(OC(F)(F)F)cc1.[HH]. The molecule has 6 aromatic carbocycles. The molecular formula is C83H100ClF12N3O6Sn. The van der Waals surface area contributed by atoms with Crippen LogP contribution in [0.15, 0.2) is 214 Å². The number of rotatable bonds is 21. The molecule has 0 unspecified atom stereocenters. The van der Waals surface area contributed by atoms with Gasteiger partial charge in [0, 0.05) is 72.0 Å². The Labute approximate surface area is 626 Å². The second-order valence-electron chi connectivity index (χ2n) is 24.8. The topological polar surface area (TPSA) is 93.7 Å². The Morgan fingerprint density at radius 1 is 0.443 bits per heavy atom. The van der Waals surface area contributed by atoms with Crippen LogP contribution in [0, 0.1) is 17.5 Å². The van der Waals surface area contributed by atoms with Gasteiger partial charge in [-0.15, -0.1) is 39.5 Å². The van der Waals surface area contributed by atoms with E-state index >= 15 is 0 Å². The van der Waals surface area contributed by atoms with Crippen LogP contribution in [-0.2, 0) is 0 Å². The fourth-order valence-corrected chi connectivity index (χ4v) is 25.5. The Morgan fingerprint density at radius 2 is 0.717 bits per heavy atom. The monoisotopic (exact) mass is 1620 g/mol. The molecule has 9 rings (SSSR count). The van der Waals surface area contributed by atoms with Crippen LogP contribution in [0.5, 0.6) is 17.2 Å². The smallest absolute Gasteiger partial charge is 0.406 e. The Hall–Kier alpha value is -8.70. The number of ether oxygens (including phenoxy) is 3. The molecule has 3 heterocycles. The Kier molecular flexibility index (Phi) is 39.1. The van der Waals surface area contributed by atoms with Gasteiger partial charge in [-0.25, -0.2) is 13.2 Å². The minimum atomic E-state index is -4.80. The zero-order valence-electron chi connectivity index (χ0n) is 60.3. The van der Waals surface area contributed by atoms with Crippen molar-refractivity contribution in [1.29, 1.82) is 0 Å². The van der Waals surface area contributed by atoms with E-state index in [4.69, 9.17) is 11.6 Å². The van der Waals surface area contributed by atoms with E-state index in [0.29, 0.717) is 50.5 Å². The number of benzene rings is 6. The number of hydrogen-bond donors (Lipinski definition) is 0. The van der Waals surface area contributed by atoms with Crippen LogP contribution >= 0.6 is 11.6 Å². The number of aromatic nitrogens is 3. The summed E-state index contributed by atoms with van der Waals surface area (Å²) in [6, 6.07) is 36.0. The predicted molar refractivity (Wildman–Crippen MR) is 413 cm³/mol. The third-order valence-corrected chi connectivity index (χ3v) is 32.4. The van der Waals surface area contributed by atoms with Gasteiger partial charge in [0.25, 0.3) is 16.7 Å². The summed E-state index contributed by atoms with van der Waals surface area (Å²) in [6.07, 6.45) is 1.20. The van der Waals surface area contributed by atoms with Crippen LogP contribution in [-0.4, -0.2) is 51.2 Å². The average Bonchev–Trinajstić information content (AvgIpc) is 0.805. The molecule has 0 atom stereocenters. The first-order valence-electron chi connectivity index (χ1n) is 34.1. The number of halogens is 13. The van der Waals surface area contributed by atoms with E-state index in [9.17, 15) is 67.1 Å². The summed E-state index contributed by atoms with van der Waals surface area (Å²) in [5.74, 6) is -2.30. The van der Waals surface area contributed by atoms with Gasteiger partial charge in [-0.05, 0) is 150 Å². The van der Waals surface area contributed by atoms with Crippen molar-refractivity contribution in [2.24, 2.45) is 0 Å². The van der Waals surface area contributed by atoms with Crippen LogP contribution in [0.3, 0.4) is 0 Å². The van der Waals surface area contributed by atoms with Crippen molar-refractivity contribution in [1.82, 2.24) is 13.7 Å². The maximum absolute atomic E-state index is 13.3. The van der Waals surface area contributed by atoms with E-state index in [1.807, 2.05) is 13.8 Å². The van der Waals surface area contributed by atoms with Crippen LogP contribution in [0.2, 0.25) is 18.3 Å². The normalized spacial score (nSPS) is 11.0. The summed E-state index contributed by atoms with van der Waals surface area (Å²) in [6.45, 7) is 31.7. The first-order valence-corrected chi connectivity index (χ1v) is 42.0. The van der Waals surface area contributed by atoms with Crippen LogP contribution in [0.4, 0.5) is 52.7 Å². The Balaban J connectivity index is 0.000000700. The molecule has 578 valence electrons. The predicted octanol–water partition coefficient (Wildman–Crippen LogP) is 26.7. The van der Waals surface area contributed by atoms with E-state index in [1.54, 1.807) is 60.5 Å². The third-order valence-electron chi connectivity index (χ3n) is 15.7. The van der Waals surface area contributed by atoms with Crippen molar-refractivity contribution in [3.8, 4) is 67.7 Å². The molecule has 0 N–H and O–H groups in total. The molecule has 0 radical (unpaired) electrons. The second-order valence-corrected chi connectivity index (χ2v) is 39.2. The first kappa shape index (κ1) is 93.4. The van der Waals surface area contributed by atoms with Crippen LogP contribution < -0.4 is 30.9 Å². The molecule has 3 aromatic heterocycles. The van der Waals surface area contributed by atoms with Gasteiger partial charge in [-0.1, -0.05) is 129 Å². The molecule has 9 aromatic rings. The average molecular weight is 1620 g/mol. The van der Waals surface area contributed by atoms with Crippen molar-refractivity contribution in [3.63, 3.8) is 0 Å². The molecule has 0 aliphatic carbocycles. The molecule has 23 heteroatoms. The maximum Gasteiger partial charge on any atom is 0.573 e. The fraction of sp³-hybridized carbons (Fsp3) is 0.337. The molecule has 0 aliphatic heterocycles. The number of unbranched alkanes of at least 4 members (excludes halogenated alkanes) is 3. The fourth-order valence-electron chi connectivity index (χ4n) is 10.6. The summed E-state index contributed by atoms with van der Waals surface area (Å²) < 4.78 is 172. The largest absolute Gasteiger partial charge is 0.573 e. The van der Waals surface area contributed by atoms with E-state index in [-0.39, 0.29) is 55.7 Å². The Bertz CT molecular complexity index is 4310. The summed E-state index contributed by atoms with van der Waals surface area (Å²) in [5, 5.41) is 0.176. The zero-order valence-corrected chi connectivity index (χ0v) is 63.9. The molecule has 0 aliphatic rings. The third kappa shape index (κ3) is 30.3. The maximum atomic E-state index is 13.3. The van der Waals surface area contributed by atoms with Gasteiger partial charge in [-0.3, -0.25) is 28.1 Å². The number of allylic oxidation sites excluding steroid dienone is 2. The summed E-state index contributed by atoms with van der Waals surface area (Å²) >= 11 is 4.16. The van der Waals surface area contributed by atoms with E-state index < -0.39 is 60.4 Å². The van der Waals surface area contributed by atoms with Crippen molar-refractivity contribution in [2.45, 2.75) is 181 Å². The number of hydrogen-bond acceptors (Lipinski definition) is 6. The molecule has 0 saturated heterocycles. The van der Waals surface area contributed by atoms with Crippen LogP contribution in [0.1, 0.15) is 161 Å².